The second-order valence-electron chi connectivity index (χ2n) is 7.77. The van der Waals surface area contributed by atoms with Gasteiger partial charge in [-0.2, -0.15) is 0 Å². The molecule has 4 rings (SSSR count). The van der Waals surface area contributed by atoms with Crippen molar-refractivity contribution in [2.75, 3.05) is 25.1 Å². The van der Waals surface area contributed by atoms with Gasteiger partial charge >= 0.3 is 6.01 Å². The van der Waals surface area contributed by atoms with Crippen LogP contribution in [0.2, 0.25) is 0 Å². The van der Waals surface area contributed by atoms with E-state index in [4.69, 9.17) is 9.15 Å². The van der Waals surface area contributed by atoms with E-state index in [1.807, 2.05) is 36.4 Å². The van der Waals surface area contributed by atoms with Crippen LogP contribution < -0.4 is 15.0 Å². The van der Waals surface area contributed by atoms with Crippen molar-refractivity contribution in [3.63, 3.8) is 0 Å². The number of carbonyl (C=O) groups is 1. The molecule has 0 aliphatic carbocycles. The minimum Gasteiger partial charge on any atom is -0.497 e. The third-order valence-electron chi connectivity index (χ3n) is 5.52. The molecule has 0 unspecified atom stereocenters. The molecular formula is C24H28N4O3. The van der Waals surface area contributed by atoms with Crippen molar-refractivity contribution in [3.05, 3.63) is 71.6 Å². The fourth-order valence-electron chi connectivity index (χ4n) is 3.81. The lowest BCUT2D eigenvalue weighted by Crippen LogP contribution is -2.30. The quantitative estimate of drug-likeness (QED) is 0.618. The summed E-state index contributed by atoms with van der Waals surface area (Å²) in [5.41, 5.74) is 1.60. The van der Waals surface area contributed by atoms with Crippen molar-refractivity contribution < 1.29 is 13.9 Å². The van der Waals surface area contributed by atoms with Crippen molar-refractivity contribution in [3.8, 4) is 5.75 Å². The molecule has 7 nitrogen and oxygen atoms in total. The Hall–Kier alpha value is -3.35. The average Bonchev–Trinajstić information content (AvgIpc) is 3.14. The molecule has 0 saturated carbocycles. The van der Waals surface area contributed by atoms with Crippen LogP contribution in [0.15, 0.2) is 59.0 Å². The molecule has 3 aromatic rings. The number of ether oxygens (including phenoxy) is 1. The van der Waals surface area contributed by atoms with Gasteiger partial charge in [0.1, 0.15) is 11.8 Å². The molecule has 0 radical (unpaired) electrons. The zero-order chi connectivity index (χ0) is 21.5. The normalized spacial score (nSPS) is 15.2. The molecule has 1 N–H and O–H groups in total. The number of amides is 1. The Morgan fingerprint density at radius 2 is 1.84 bits per heavy atom. The van der Waals surface area contributed by atoms with E-state index < -0.39 is 6.04 Å². The number of nitrogens with one attached hydrogen (secondary N) is 1. The van der Waals surface area contributed by atoms with Crippen LogP contribution in [-0.4, -0.2) is 36.3 Å². The van der Waals surface area contributed by atoms with Gasteiger partial charge in [-0.15, -0.1) is 5.10 Å². The number of aromatic nitrogens is 2. The molecule has 1 atom stereocenters. The van der Waals surface area contributed by atoms with E-state index >= 15 is 0 Å². The number of hydrogen-bond donors (Lipinski definition) is 1. The number of carbonyl (C=O) groups excluding carboxylic acids is 1. The van der Waals surface area contributed by atoms with Crippen LogP contribution >= 0.6 is 0 Å². The number of methoxy groups -OCH3 is 1. The summed E-state index contributed by atoms with van der Waals surface area (Å²) >= 11 is 0. The predicted octanol–water partition coefficient (Wildman–Crippen LogP) is 4.17. The molecule has 1 aromatic heterocycles. The third kappa shape index (κ3) is 5.42. The van der Waals surface area contributed by atoms with Gasteiger partial charge in [0.2, 0.25) is 5.89 Å². The summed E-state index contributed by atoms with van der Waals surface area (Å²) in [6.07, 6.45) is 5.25. The first-order valence-electron chi connectivity index (χ1n) is 10.8. The lowest BCUT2D eigenvalue weighted by Gasteiger charge is -2.18. The summed E-state index contributed by atoms with van der Waals surface area (Å²) in [6.45, 7) is 1.84. The SMILES string of the molecule is COc1cccc(C(=O)N[C@H](Cc2ccccc2)c2nnc(N3CCCCCC3)o2)c1. The van der Waals surface area contributed by atoms with Gasteiger partial charge < -0.3 is 19.4 Å². The molecule has 2 aromatic carbocycles. The van der Waals surface area contributed by atoms with Crippen LogP contribution in [0.5, 0.6) is 5.75 Å². The first-order chi connectivity index (χ1) is 15.2. The molecule has 1 aliphatic rings. The zero-order valence-electron chi connectivity index (χ0n) is 17.8. The molecule has 0 bridgehead atoms. The highest BCUT2D eigenvalue weighted by Gasteiger charge is 2.24. The minimum atomic E-state index is -0.436. The van der Waals surface area contributed by atoms with E-state index in [0.717, 1.165) is 31.5 Å². The summed E-state index contributed by atoms with van der Waals surface area (Å²) in [6, 6.07) is 17.2. The Balaban J connectivity index is 1.56. The van der Waals surface area contributed by atoms with Gasteiger partial charge in [0, 0.05) is 25.1 Å². The molecule has 7 heteroatoms. The van der Waals surface area contributed by atoms with Crippen LogP contribution in [0.4, 0.5) is 6.01 Å². The Bertz CT molecular complexity index is 981. The van der Waals surface area contributed by atoms with Gasteiger partial charge in [-0.3, -0.25) is 4.79 Å². The van der Waals surface area contributed by atoms with E-state index in [1.165, 1.54) is 12.8 Å². The average molecular weight is 421 g/mol. The monoisotopic (exact) mass is 420 g/mol. The van der Waals surface area contributed by atoms with E-state index in [1.54, 1.807) is 25.3 Å². The molecule has 1 aliphatic heterocycles. The predicted molar refractivity (Wildman–Crippen MR) is 118 cm³/mol. The molecule has 31 heavy (non-hydrogen) atoms. The lowest BCUT2D eigenvalue weighted by atomic mass is 10.1. The molecule has 1 amide bonds. The molecule has 1 fully saturated rings. The van der Waals surface area contributed by atoms with Gasteiger partial charge in [-0.25, -0.2) is 0 Å². The number of rotatable bonds is 7. The van der Waals surface area contributed by atoms with Gasteiger partial charge in [0.25, 0.3) is 5.91 Å². The van der Waals surface area contributed by atoms with Crippen molar-refractivity contribution >= 4 is 11.9 Å². The van der Waals surface area contributed by atoms with Crippen molar-refractivity contribution in [1.82, 2.24) is 15.5 Å². The molecule has 2 heterocycles. The second kappa shape index (κ2) is 10.1. The summed E-state index contributed by atoms with van der Waals surface area (Å²) in [7, 11) is 1.58. The molecule has 1 saturated heterocycles. The van der Waals surface area contributed by atoms with Crippen molar-refractivity contribution in [2.24, 2.45) is 0 Å². The number of nitrogens with zero attached hydrogens (tertiary/aromatic N) is 3. The largest absolute Gasteiger partial charge is 0.497 e. The van der Waals surface area contributed by atoms with E-state index in [0.29, 0.717) is 29.6 Å². The maximum absolute atomic E-state index is 13.0. The summed E-state index contributed by atoms with van der Waals surface area (Å²) < 4.78 is 11.3. The maximum atomic E-state index is 13.0. The third-order valence-corrected chi connectivity index (χ3v) is 5.52. The topological polar surface area (TPSA) is 80.5 Å². The van der Waals surface area contributed by atoms with Crippen molar-refractivity contribution in [2.45, 2.75) is 38.1 Å². The number of benzene rings is 2. The summed E-state index contributed by atoms with van der Waals surface area (Å²) in [4.78, 5) is 15.1. The lowest BCUT2D eigenvalue weighted by molar-refractivity contribution is 0.0929. The summed E-state index contributed by atoms with van der Waals surface area (Å²) in [5, 5.41) is 11.7. The smallest absolute Gasteiger partial charge is 0.318 e. The van der Waals surface area contributed by atoms with E-state index in [2.05, 4.69) is 20.4 Å². The fourth-order valence-corrected chi connectivity index (χ4v) is 3.81. The second-order valence-corrected chi connectivity index (χ2v) is 7.77. The van der Waals surface area contributed by atoms with E-state index in [-0.39, 0.29) is 5.91 Å². The van der Waals surface area contributed by atoms with Crippen LogP contribution in [0.3, 0.4) is 0 Å². The molecule has 0 spiro atoms. The Morgan fingerprint density at radius 3 is 2.58 bits per heavy atom. The van der Waals surface area contributed by atoms with Crippen LogP contribution in [0.1, 0.15) is 53.5 Å². The number of hydrogen-bond acceptors (Lipinski definition) is 6. The summed E-state index contributed by atoms with van der Waals surface area (Å²) in [5.74, 6) is 0.835. The standard InChI is InChI=1S/C24H28N4O3/c1-30-20-13-9-12-19(17-20)22(29)25-21(16-18-10-5-4-6-11-18)23-26-27-24(31-23)28-14-7-2-3-8-15-28/h4-6,9-13,17,21H,2-3,7-8,14-16H2,1H3,(H,25,29)/t21-/m1/s1. The highest BCUT2D eigenvalue weighted by Crippen LogP contribution is 2.24. The van der Waals surface area contributed by atoms with Gasteiger partial charge in [0.05, 0.1) is 7.11 Å². The van der Waals surface area contributed by atoms with Crippen LogP contribution in [0.25, 0.3) is 0 Å². The van der Waals surface area contributed by atoms with E-state index in [9.17, 15) is 4.79 Å². The number of anilines is 1. The van der Waals surface area contributed by atoms with Crippen molar-refractivity contribution in [1.29, 1.82) is 0 Å². The Morgan fingerprint density at radius 1 is 1.06 bits per heavy atom. The van der Waals surface area contributed by atoms with Crippen LogP contribution in [-0.2, 0) is 6.42 Å². The Labute approximate surface area is 182 Å². The zero-order valence-corrected chi connectivity index (χ0v) is 17.8. The highest BCUT2D eigenvalue weighted by molar-refractivity contribution is 5.94. The molecule has 162 valence electrons. The van der Waals surface area contributed by atoms with Crippen LogP contribution in [0, 0.1) is 0 Å². The first kappa shape index (κ1) is 20.9. The molecular weight excluding hydrogens is 392 g/mol. The first-order valence-corrected chi connectivity index (χ1v) is 10.8. The maximum Gasteiger partial charge on any atom is 0.318 e. The van der Waals surface area contributed by atoms with Gasteiger partial charge in [-0.05, 0) is 36.6 Å². The van der Waals surface area contributed by atoms with Gasteiger partial charge in [0.15, 0.2) is 0 Å². The fraction of sp³-hybridized carbons (Fsp3) is 0.375. The van der Waals surface area contributed by atoms with Gasteiger partial charge in [-0.1, -0.05) is 54.3 Å². The highest BCUT2D eigenvalue weighted by atomic mass is 16.5. The minimum absolute atomic E-state index is 0.214. The Kier molecular flexibility index (Phi) is 6.82.